The maximum absolute atomic E-state index is 12.5. The van der Waals surface area contributed by atoms with Gasteiger partial charge in [0, 0.05) is 12.1 Å². The molecule has 1 N–H and O–H groups in total. The van der Waals surface area contributed by atoms with E-state index in [1.54, 1.807) is 0 Å². The van der Waals surface area contributed by atoms with Crippen LogP contribution in [0.5, 0.6) is 0 Å². The molecule has 1 aliphatic rings. The Balaban J connectivity index is 1.89. The lowest BCUT2D eigenvalue weighted by Crippen LogP contribution is -2.31. The fraction of sp³-hybridized carbons (Fsp3) is 0.429. The van der Waals surface area contributed by atoms with E-state index in [2.05, 4.69) is 15.3 Å². The number of hydrogen-bond acceptors (Lipinski definition) is 7. The van der Waals surface area contributed by atoms with Crippen LogP contribution in [0.4, 0.5) is 5.69 Å². The largest absolute Gasteiger partial charge is 0.317 e. The van der Waals surface area contributed by atoms with Gasteiger partial charge in [-0.1, -0.05) is 0 Å². The lowest BCUT2D eigenvalue weighted by molar-refractivity contribution is -0.384. The van der Waals surface area contributed by atoms with Crippen molar-refractivity contribution in [3.05, 3.63) is 34.5 Å². The van der Waals surface area contributed by atoms with Crippen molar-refractivity contribution in [3.63, 3.8) is 0 Å². The molecule has 3 rings (SSSR count). The van der Waals surface area contributed by atoms with Crippen LogP contribution in [-0.4, -0.2) is 42.2 Å². The van der Waals surface area contributed by atoms with Crippen LogP contribution in [0, 0.1) is 16.0 Å². The summed E-state index contributed by atoms with van der Waals surface area (Å²) in [4.78, 5) is 18.4. The van der Waals surface area contributed by atoms with E-state index < -0.39 is 14.8 Å². The van der Waals surface area contributed by atoms with Crippen LogP contribution < -0.4 is 5.32 Å². The van der Waals surface area contributed by atoms with Gasteiger partial charge in [0.1, 0.15) is 0 Å². The van der Waals surface area contributed by atoms with E-state index in [1.807, 2.05) is 0 Å². The maximum atomic E-state index is 12.5. The van der Waals surface area contributed by atoms with Crippen LogP contribution in [0.3, 0.4) is 0 Å². The summed E-state index contributed by atoms with van der Waals surface area (Å²) in [5.41, 5.74) is 0.541. The lowest BCUT2D eigenvalue weighted by Gasteiger charge is -2.22. The van der Waals surface area contributed by atoms with Gasteiger partial charge in [0.15, 0.2) is 14.9 Å². The highest BCUT2D eigenvalue weighted by molar-refractivity contribution is 7.91. The number of sulfone groups is 1. The highest BCUT2D eigenvalue weighted by Gasteiger charge is 2.24. The standard InChI is InChI=1S/C14H16N4O4S/c19-18(20)11-1-2-12-13(7-11)16-8-14(17-12)23(21,22)9-10-3-5-15-6-4-10/h1-2,7-8,10,15H,3-6,9H2. The Morgan fingerprint density at radius 2 is 2.00 bits per heavy atom. The third-order valence-corrected chi connectivity index (χ3v) is 5.69. The number of hydrogen-bond donors (Lipinski definition) is 1. The molecular formula is C14H16N4O4S. The third kappa shape index (κ3) is 3.45. The van der Waals surface area contributed by atoms with Crippen molar-refractivity contribution in [1.82, 2.24) is 15.3 Å². The molecule has 0 amide bonds. The van der Waals surface area contributed by atoms with Crippen molar-refractivity contribution in [1.29, 1.82) is 0 Å². The molecule has 0 bridgehead atoms. The van der Waals surface area contributed by atoms with Crippen molar-refractivity contribution in [2.45, 2.75) is 17.9 Å². The molecule has 0 aliphatic carbocycles. The smallest absolute Gasteiger partial charge is 0.271 e. The third-order valence-electron chi connectivity index (χ3n) is 3.95. The van der Waals surface area contributed by atoms with Crippen molar-refractivity contribution in [2.24, 2.45) is 5.92 Å². The van der Waals surface area contributed by atoms with E-state index in [4.69, 9.17) is 0 Å². The van der Waals surface area contributed by atoms with E-state index >= 15 is 0 Å². The Bertz CT molecular complexity index is 847. The topological polar surface area (TPSA) is 115 Å². The van der Waals surface area contributed by atoms with Crippen LogP contribution in [0.1, 0.15) is 12.8 Å². The highest BCUT2D eigenvalue weighted by atomic mass is 32.2. The van der Waals surface area contributed by atoms with Crippen LogP contribution in [0.25, 0.3) is 11.0 Å². The molecule has 9 heteroatoms. The molecule has 0 unspecified atom stereocenters. The lowest BCUT2D eigenvalue weighted by atomic mass is 10.0. The van der Waals surface area contributed by atoms with Crippen molar-refractivity contribution in [3.8, 4) is 0 Å². The minimum atomic E-state index is -3.51. The maximum Gasteiger partial charge on any atom is 0.271 e. The number of nitro benzene ring substituents is 1. The van der Waals surface area contributed by atoms with Gasteiger partial charge in [-0.2, -0.15) is 0 Å². The van der Waals surface area contributed by atoms with Crippen LogP contribution >= 0.6 is 0 Å². The van der Waals surface area contributed by atoms with Gasteiger partial charge in [-0.15, -0.1) is 0 Å². The van der Waals surface area contributed by atoms with E-state index in [9.17, 15) is 18.5 Å². The zero-order valence-electron chi connectivity index (χ0n) is 12.3. The number of nitrogens with zero attached hydrogens (tertiary/aromatic N) is 3. The molecule has 1 saturated heterocycles. The molecule has 1 fully saturated rings. The van der Waals surface area contributed by atoms with Crippen LogP contribution in [0.15, 0.2) is 29.4 Å². The first-order valence-electron chi connectivity index (χ1n) is 7.30. The summed E-state index contributed by atoms with van der Waals surface area (Å²) in [6.07, 6.45) is 2.83. The normalized spacial score (nSPS) is 16.5. The molecule has 1 aromatic heterocycles. The Labute approximate surface area is 133 Å². The molecule has 2 aromatic rings. The minimum absolute atomic E-state index is 0.0574. The number of fused-ring (bicyclic) bond motifs is 1. The number of rotatable bonds is 4. The Morgan fingerprint density at radius 1 is 1.26 bits per heavy atom. The molecule has 0 spiro atoms. The Kier molecular flexibility index (Phi) is 4.22. The van der Waals surface area contributed by atoms with Gasteiger partial charge in [0.05, 0.1) is 27.9 Å². The zero-order valence-corrected chi connectivity index (χ0v) is 13.1. The first kappa shape index (κ1) is 15.8. The average molecular weight is 336 g/mol. The molecule has 0 atom stereocenters. The molecular weight excluding hydrogens is 320 g/mol. The van der Waals surface area contributed by atoms with E-state index in [0.717, 1.165) is 25.9 Å². The SMILES string of the molecule is O=[N+]([O-])c1ccc2nc(S(=O)(=O)CC3CCNCC3)cnc2c1. The van der Waals surface area contributed by atoms with Crippen molar-refractivity contribution in [2.75, 3.05) is 18.8 Å². The average Bonchev–Trinajstić information content (AvgIpc) is 2.54. The summed E-state index contributed by atoms with van der Waals surface area (Å²) >= 11 is 0. The summed E-state index contributed by atoms with van der Waals surface area (Å²) in [5.74, 6) is 0.178. The Hall–Kier alpha value is -2.13. The molecule has 8 nitrogen and oxygen atoms in total. The number of aromatic nitrogens is 2. The monoisotopic (exact) mass is 336 g/mol. The first-order valence-corrected chi connectivity index (χ1v) is 8.95. The van der Waals surface area contributed by atoms with Crippen molar-refractivity contribution < 1.29 is 13.3 Å². The molecule has 0 saturated carbocycles. The van der Waals surface area contributed by atoms with Gasteiger partial charge < -0.3 is 5.32 Å². The van der Waals surface area contributed by atoms with E-state index in [-0.39, 0.29) is 22.4 Å². The van der Waals surface area contributed by atoms with Gasteiger partial charge in [0.2, 0.25) is 0 Å². The second-order valence-electron chi connectivity index (χ2n) is 5.61. The minimum Gasteiger partial charge on any atom is -0.317 e. The summed E-state index contributed by atoms with van der Waals surface area (Å²) in [7, 11) is -3.51. The zero-order chi connectivity index (χ0) is 16.4. The predicted molar refractivity (Wildman–Crippen MR) is 83.8 cm³/mol. The number of piperidine rings is 1. The second-order valence-corrected chi connectivity index (χ2v) is 7.59. The molecule has 2 heterocycles. The van der Waals surface area contributed by atoms with Gasteiger partial charge in [-0.25, -0.2) is 13.4 Å². The van der Waals surface area contributed by atoms with E-state index in [0.29, 0.717) is 11.0 Å². The summed E-state index contributed by atoms with van der Waals surface area (Å²) < 4.78 is 25.0. The number of nitro groups is 1. The fourth-order valence-corrected chi connectivity index (χ4v) is 4.27. The highest BCUT2D eigenvalue weighted by Crippen LogP contribution is 2.22. The fourth-order valence-electron chi connectivity index (χ4n) is 2.69. The molecule has 1 aliphatic heterocycles. The quantitative estimate of drug-likeness (QED) is 0.661. The number of nitrogens with one attached hydrogen (secondary N) is 1. The molecule has 122 valence electrons. The van der Waals surface area contributed by atoms with Gasteiger partial charge in [0.25, 0.3) is 5.69 Å². The number of non-ortho nitro benzene ring substituents is 1. The van der Waals surface area contributed by atoms with Gasteiger partial charge in [-0.3, -0.25) is 15.1 Å². The summed E-state index contributed by atoms with van der Waals surface area (Å²) in [5, 5.41) is 13.9. The molecule has 23 heavy (non-hydrogen) atoms. The van der Waals surface area contributed by atoms with Gasteiger partial charge in [-0.05, 0) is 37.9 Å². The molecule has 1 aromatic carbocycles. The van der Waals surface area contributed by atoms with Gasteiger partial charge >= 0.3 is 0 Å². The van der Waals surface area contributed by atoms with Crippen molar-refractivity contribution >= 4 is 26.6 Å². The second kappa shape index (κ2) is 6.17. The van der Waals surface area contributed by atoms with Crippen LogP contribution in [0.2, 0.25) is 0 Å². The summed E-state index contributed by atoms with van der Waals surface area (Å²) in [6, 6.07) is 4.00. The first-order chi connectivity index (χ1) is 11.0. The number of benzene rings is 1. The Morgan fingerprint density at radius 3 is 2.70 bits per heavy atom. The molecule has 0 radical (unpaired) electrons. The van der Waals surface area contributed by atoms with E-state index in [1.165, 1.54) is 24.4 Å². The summed E-state index contributed by atoms with van der Waals surface area (Å²) in [6.45, 7) is 1.65. The predicted octanol–water partition coefficient (Wildman–Crippen LogP) is 1.31. The van der Waals surface area contributed by atoms with Crippen LogP contribution in [-0.2, 0) is 9.84 Å².